The number of esters is 1. The molecule has 15 heavy (non-hydrogen) atoms. The van der Waals surface area contributed by atoms with Crippen LogP contribution in [0.1, 0.15) is 17.0 Å². The minimum Gasteiger partial charge on any atom is -0.475 e. The number of ether oxygens (including phenoxy) is 1. The van der Waals surface area contributed by atoms with E-state index in [0.717, 1.165) is 0 Å². The van der Waals surface area contributed by atoms with Crippen LogP contribution in [0.5, 0.6) is 0 Å². The van der Waals surface area contributed by atoms with E-state index in [4.69, 9.17) is 9.52 Å². The Bertz CT molecular complexity index is 357. The smallest absolute Gasteiger partial charge is 0.371 e. The topological polar surface area (TPSA) is 76.7 Å². The highest BCUT2D eigenvalue weighted by molar-refractivity contribution is 7.99. The molecule has 1 rings (SSSR count). The fourth-order valence-electron chi connectivity index (χ4n) is 0.850. The Morgan fingerprint density at radius 3 is 2.80 bits per heavy atom. The van der Waals surface area contributed by atoms with Crippen molar-refractivity contribution in [1.29, 1.82) is 0 Å². The molecule has 0 aliphatic rings. The first-order chi connectivity index (χ1) is 7.13. The second-order valence-corrected chi connectivity index (χ2v) is 3.70. The van der Waals surface area contributed by atoms with Crippen LogP contribution in [0.3, 0.4) is 0 Å². The Labute approximate surface area is 90.4 Å². The van der Waals surface area contributed by atoms with Gasteiger partial charge in [-0.1, -0.05) is 11.8 Å². The molecule has 0 aromatic carbocycles. The third-order valence-corrected chi connectivity index (χ3v) is 2.48. The second-order valence-electron chi connectivity index (χ2n) is 2.60. The molecule has 0 unspecified atom stereocenters. The van der Waals surface area contributed by atoms with Crippen molar-refractivity contribution in [1.82, 2.24) is 0 Å². The summed E-state index contributed by atoms with van der Waals surface area (Å²) in [6.07, 6.45) is 0.268. The molecule has 0 radical (unpaired) electrons. The zero-order chi connectivity index (χ0) is 11.3. The maximum atomic E-state index is 10.8. The molecule has 0 saturated heterocycles. The molecule has 0 atom stereocenters. The molecular formula is C9H10O5S. The molecule has 1 N–H and O–H groups in total. The molecular weight excluding hydrogens is 220 g/mol. The van der Waals surface area contributed by atoms with E-state index in [1.54, 1.807) is 6.07 Å². The maximum absolute atomic E-state index is 10.8. The van der Waals surface area contributed by atoms with Gasteiger partial charge in [0.15, 0.2) is 5.09 Å². The summed E-state index contributed by atoms with van der Waals surface area (Å²) in [5.41, 5.74) is 0. The van der Waals surface area contributed by atoms with Crippen LogP contribution in [0.15, 0.2) is 21.6 Å². The molecule has 1 aromatic rings. The number of furan rings is 1. The predicted octanol–water partition coefficient (Wildman–Crippen LogP) is 1.63. The Hall–Kier alpha value is -1.43. The average Bonchev–Trinajstić information content (AvgIpc) is 2.66. The van der Waals surface area contributed by atoms with Crippen LogP contribution in [0.25, 0.3) is 0 Å². The van der Waals surface area contributed by atoms with Crippen molar-refractivity contribution >= 4 is 23.7 Å². The van der Waals surface area contributed by atoms with Crippen LogP contribution < -0.4 is 0 Å². The lowest BCUT2D eigenvalue weighted by atomic mass is 10.5. The molecule has 0 saturated carbocycles. The van der Waals surface area contributed by atoms with Gasteiger partial charge in [-0.2, -0.15) is 0 Å². The van der Waals surface area contributed by atoms with Gasteiger partial charge in [0.2, 0.25) is 5.76 Å². The number of carboxylic acid groups (broad SMARTS) is 1. The minimum absolute atomic E-state index is 0.101. The average molecular weight is 230 g/mol. The lowest BCUT2D eigenvalue weighted by Crippen LogP contribution is -2.00. The highest BCUT2D eigenvalue weighted by atomic mass is 32.2. The van der Waals surface area contributed by atoms with Crippen LogP contribution in [0.2, 0.25) is 0 Å². The summed E-state index contributed by atoms with van der Waals surface area (Å²) in [5.74, 6) is -1.00. The lowest BCUT2D eigenvalue weighted by molar-refractivity contribution is -0.140. The van der Waals surface area contributed by atoms with E-state index < -0.39 is 5.97 Å². The standard InChI is InChI=1S/C9H10O5S/c1-13-7(10)4-5-15-8-3-2-6(14-8)9(11)12/h2-3H,4-5H2,1H3,(H,11,12). The van der Waals surface area contributed by atoms with Gasteiger partial charge in [-0.3, -0.25) is 4.79 Å². The van der Waals surface area contributed by atoms with Crippen LogP contribution in [-0.2, 0) is 9.53 Å². The molecule has 1 heterocycles. The number of rotatable bonds is 5. The van der Waals surface area contributed by atoms with Crippen molar-refractivity contribution in [2.45, 2.75) is 11.5 Å². The SMILES string of the molecule is COC(=O)CCSc1ccc(C(=O)O)o1. The Morgan fingerprint density at radius 2 is 2.27 bits per heavy atom. The Kier molecular flexibility index (Phi) is 4.23. The van der Waals surface area contributed by atoms with Crippen LogP contribution in [0.4, 0.5) is 0 Å². The summed E-state index contributed by atoms with van der Waals surface area (Å²) < 4.78 is 9.43. The number of hydrogen-bond donors (Lipinski definition) is 1. The van der Waals surface area contributed by atoms with Crippen LogP contribution in [-0.4, -0.2) is 29.9 Å². The fraction of sp³-hybridized carbons (Fsp3) is 0.333. The summed E-state index contributed by atoms with van der Waals surface area (Å²) in [7, 11) is 1.32. The van der Waals surface area contributed by atoms with E-state index in [1.165, 1.54) is 24.9 Å². The van der Waals surface area contributed by atoms with Crippen molar-refractivity contribution in [2.24, 2.45) is 0 Å². The first-order valence-electron chi connectivity index (χ1n) is 4.16. The Balaban J connectivity index is 2.38. The molecule has 0 aliphatic heterocycles. The highest BCUT2D eigenvalue weighted by Crippen LogP contribution is 2.21. The number of thioether (sulfide) groups is 1. The van der Waals surface area contributed by atoms with Gasteiger partial charge in [0.05, 0.1) is 13.5 Å². The van der Waals surface area contributed by atoms with Crippen LogP contribution in [0, 0.1) is 0 Å². The molecule has 5 nitrogen and oxygen atoms in total. The molecule has 0 spiro atoms. The van der Waals surface area contributed by atoms with Crippen molar-refractivity contribution < 1.29 is 23.8 Å². The monoisotopic (exact) mass is 230 g/mol. The van der Waals surface area contributed by atoms with E-state index in [0.29, 0.717) is 10.8 Å². The number of methoxy groups -OCH3 is 1. The van der Waals surface area contributed by atoms with Gasteiger partial charge in [0, 0.05) is 5.75 Å². The van der Waals surface area contributed by atoms with Crippen molar-refractivity contribution in [2.75, 3.05) is 12.9 Å². The zero-order valence-corrected chi connectivity index (χ0v) is 8.87. The van der Waals surface area contributed by atoms with E-state index >= 15 is 0 Å². The molecule has 0 aliphatic carbocycles. The van der Waals surface area contributed by atoms with E-state index in [9.17, 15) is 9.59 Å². The van der Waals surface area contributed by atoms with Crippen LogP contribution >= 0.6 is 11.8 Å². The third kappa shape index (κ3) is 3.67. The van der Waals surface area contributed by atoms with E-state index in [2.05, 4.69) is 4.74 Å². The summed E-state index contributed by atoms with van der Waals surface area (Å²) in [4.78, 5) is 21.2. The maximum Gasteiger partial charge on any atom is 0.371 e. The molecule has 0 fully saturated rings. The van der Waals surface area contributed by atoms with Crippen molar-refractivity contribution in [3.8, 4) is 0 Å². The fourth-order valence-corrected chi connectivity index (χ4v) is 1.63. The van der Waals surface area contributed by atoms with Gasteiger partial charge in [-0.05, 0) is 12.1 Å². The first-order valence-corrected chi connectivity index (χ1v) is 5.15. The number of carbonyl (C=O) groups is 2. The number of carbonyl (C=O) groups excluding carboxylic acids is 1. The summed E-state index contributed by atoms with van der Waals surface area (Å²) in [5, 5.41) is 9.06. The normalized spacial score (nSPS) is 9.93. The molecule has 82 valence electrons. The van der Waals surface area contributed by atoms with Gasteiger partial charge in [-0.15, -0.1) is 0 Å². The summed E-state index contributed by atoms with van der Waals surface area (Å²) in [6, 6.07) is 2.94. The summed E-state index contributed by atoms with van der Waals surface area (Å²) in [6.45, 7) is 0. The molecule has 0 bridgehead atoms. The number of aromatic carboxylic acids is 1. The number of carboxylic acids is 1. The summed E-state index contributed by atoms with van der Waals surface area (Å²) >= 11 is 1.27. The van der Waals surface area contributed by atoms with Gasteiger partial charge in [0.25, 0.3) is 0 Å². The van der Waals surface area contributed by atoms with Gasteiger partial charge < -0.3 is 14.3 Å². The van der Waals surface area contributed by atoms with E-state index in [1.807, 2.05) is 0 Å². The first kappa shape index (κ1) is 11.6. The quantitative estimate of drug-likeness (QED) is 0.612. The largest absolute Gasteiger partial charge is 0.475 e. The predicted molar refractivity (Wildman–Crippen MR) is 53.0 cm³/mol. The molecule has 6 heteroatoms. The minimum atomic E-state index is -1.10. The van der Waals surface area contributed by atoms with Gasteiger partial charge in [-0.25, -0.2) is 4.79 Å². The zero-order valence-electron chi connectivity index (χ0n) is 8.06. The van der Waals surface area contributed by atoms with E-state index in [-0.39, 0.29) is 18.2 Å². The number of hydrogen-bond acceptors (Lipinski definition) is 5. The molecule has 1 aromatic heterocycles. The lowest BCUT2D eigenvalue weighted by Gasteiger charge is -1.96. The van der Waals surface area contributed by atoms with Crippen molar-refractivity contribution in [3.05, 3.63) is 17.9 Å². The Morgan fingerprint density at radius 1 is 1.53 bits per heavy atom. The van der Waals surface area contributed by atoms with Crippen molar-refractivity contribution in [3.63, 3.8) is 0 Å². The molecule has 0 amide bonds. The second kappa shape index (κ2) is 5.45. The highest BCUT2D eigenvalue weighted by Gasteiger charge is 2.09. The van der Waals surface area contributed by atoms with Gasteiger partial charge in [0.1, 0.15) is 0 Å². The van der Waals surface area contributed by atoms with Gasteiger partial charge >= 0.3 is 11.9 Å². The third-order valence-electron chi connectivity index (χ3n) is 1.57.